The van der Waals surface area contributed by atoms with Crippen molar-refractivity contribution in [3.8, 4) is 5.88 Å². The average molecular weight is 329 g/mol. The second kappa shape index (κ2) is 7.65. The van der Waals surface area contributed by atoms with E-state index in [-0.39, 0.29) is 0 Å². The highest BCUT2D eigenvalue weighted by Gasteiger charge is 2.16. The molecule has 2 rings (SSSR count). The van der Waals surface area contributed by atoms with E-state index in [2.05, 4.69) is 35.7 Å². The van der Waals surface area contributed by atoms with Crippen molar-refractivity contribution in [1.82, 2.24) is 14.9 Å². The van der Waals surface area contributed by atoms with E-state index in [1.165, 1.54) is 0 Å². The Morgan fingerprint density at radius 2 is 2.16 bits per heavy atom. The lowest BCUT2D eigenvalue weighted by molar-refractivity contribution is 0.313. The third-order valence-corrected chi connectivity index (χ3v) is 3.56. The predicted octanol–water partition coefficient (Wildman–Crippen LogP) is 1.78. The Balaban J connectivity index is 1.99. The number of ether oxygens (including phenoxy) is 1. The minimum atomic E-state index is 0.613. The normalized spacial score (nSPS) is 17.3. The van der Waals surface area contributed by atoms with Crippen LogP contribution in [0.5, 0.6) is 5.88 Å². The first kappa shape index (κ1) is 14.5. The van der Waals surface area contributed by atoms with Gasteiger partial charge >= 0.3 is 0 Å². The van der Waals surface area contributed by atoms with Crippen LogP contribution in [0, 0.1) is 0 Å². The van der Waals surface area contributed by atoms with Gasteiger partial charge in [0, 0.05) is 31.5 Å². The van der Waals surface area contributed by atoms with Crippen molar-refractivity contribution in [2.45, 2.75) is 13.3 Å². The number of rotatable bonds is 5. The molecule has 0 saturated carbocycles. The highest BCUT2D eigenvalue weighted by atomic mass is 79.9. The molecule has 6 heteroatoms. The molecule has 0 aliphatic carbocycles. The van der Waals surface area contributed by atoms with Crippen LogP contribution in [0.25, 0.3) is 0 Å². The molecular weight excluding hydrogens is 308 g/mol. The topological polar surface area (TPSA) is 41.5 Å². The van der Waals surface area contributed by atoms with Crippen molar-refractivity contribution < 1.29 is 4.74 Å². The molecule has 1 aromatic rings. The van der Waals surface area contributed by atoms with Gasteiger partial charge in [-0.15, -0.1) is 0 Å². The highest BCUT2D eigenvalue weighted by Crippen LogP contribution is 2.16. The van der Waals surface area contributed by atoms with Crippen LogP contribution in [0.15, 0.2) is 12.4 Å². The molecule has 0 radical (unpaired) electrons. The molecule has 0 N–H and O–H groups in total. The van der Waals surface area contributed by atoms with E-state index < -0.39 is 0 Å². The molecular formula is C13H21BrN4O. The summed E-state index contributed by atoms with van der Waals surface area (Å²) in [5.74, 6) is 1.54. The largest absolute Gasteiger partial charge is 0.477 e. The van der Waals surface area contributed by atoms with Gasteiger partial charge in [-0.3, -0.25) is 4.98 Å². The van der Waals surface area contributed by atoms with Crippen LogP contribution in [0.2, 0.25) is 0 Å². The smallest absolute Gasteiger partial charge is 0.234 e. The summed E-state index contributed by atoms with van der Waals surface area (Å²) >= 11 is 3.50. The summed E-state index contributed by atoms with van der Waals surface area (Å²) in [5, 5.41) is 1.03. The van der Waals surface area contributed by atoms with Crippen LogP contribution in [-0.4, -0.2) is 59.5 Å². The lowest BCUT2D eigenvalue weighted by atomic mass is 10.4. The van der Waals surface area contributed by atoms with Crippen molar-refractivity contribution in [2.24, 2.45) is 0 Å². The molecule has 0 spiro atoms. The van der Waals surface area contributed by atoms with Crippen molar-refractivity contribution >= 4 is 21.7 Å². The Bertz CT molecular complexity index is 391. The summed E-state index contributed by atoms with van der Waals surface area (Å²) in [5.41, 5.74) is 0. The first-order valence-electron chi connectivity index (χ1n) is 6.81. The van der Waals surface area contributed by atoms with Gasteiger partial charge in [0.25, 0.3) is 0 Å². The van der Waals surface area contributed by atoms with E-state index in [0.29, 0.717) is 12.5 Å². The second-order valence-electron chi connectivity index (χ2n) is 4.52. The Kier molecular flexibility index (Phi) is 5.85. The van der Waals surface area contributed by atoms with Crippen LogP contribution in [-0.2, 0) is 0 Å². The maximum absolute atomic E-state index is 5.41. The Morgan fingerprint density at radius 1 is 1.26 bits per heavy atom. The van der Waals surface area contributed by atoms with E-state index >= 15 is 0 Å². The summed E-state index contributed by atoms with van der Waals surface area (Å²) in [6.07, 6.45) is 4.65. The summed E-state index contributed by atoms with van der Waals surface area (Å²) in [6.45, 7) is 7.95. The SMILES string of the molecule is CCOc1cncc(N2CCCN(CCBr)CC2)n1. The zero-order valence-electron chi connectivity index (χ0n) is 11.4. The summed E-state index contributed by atoms with van der Waals surface area (Å²) in [6, 6.07) is 0. The van der Waals surface area contributed by atoms with Crippen LogP contribution in [0.1, 0.15) is 13.3 Å². The fraction of sp³-hybridized carbons (Fsp3) is 0.692. The maximum Gasteiger partial charge on any atom is 0.234 e. The monoisotopic (exact) mass is 328 g/mol. The van der Waals surface area contributed by atoms with Gasteiger partial charge in [0.2, 0.25) is 5.88 Å². The number of anilines is 1. The molecule has 0 atom stereocenters. The molecule has 0 unspecified atom stereocenters. The Labute approximate surface area is 123 Å². The van der Waals surface area contributed by atoms with Crippen LogP contribution in [0.4, 0.5) is 5.82 Å². The highest BCUT2D eigenvalue weighted by molar-refractivity contribution is 9.09. The fourth-order valence-corrected chi connectivity index (χ4v) is 2.75. The second-order valence-corrected chi connectivity index (χ2v) is 5.31. The van der Waals surface area contributed by atoms with Crippen molar-refractivity contribution in [3.63, 3.8) is 0 Å². The molecule has 1 fully saturated rings. The lowest BCUT2D eigenvalue weighted by Crippen LogP contribution is -2.32. The number of hydrogen-bond donors (Lipinski definition) is 0. The summed E-state index contributed by atoms with van der Waals surface area (Å²) < 4.78 is 5.41. The van der Waals surface area contributed by atoms with Gasteiger partial charge in [0.15, 0.2) is 5.82 Å². The molecule has 1 aromatic heterocycles. The van der Waals surface area contributed by atoms with Crippen LogP contribution < -0.4 is 9.64 Å². The van der Waals surface area contributed by atoms with Crippen molar-refractivity contribution in [3.05, 3.63) is 12.4 Å². The van der Waals surface area contributed by atoms with E-state index in [4.69, 9.17) is 4.74 Å². The van der Waals surface area contributed by atoms with E-state index in [9.17, 15) is 0 Å². The first-order valence-corrected chi connectivity index (χ1v) is 7.93. The molecule has 1 saturated heterocycles. The molecule has 1 aliphatic rings. The van der Waals surface area contributed by atoms with E-state index in [0.717, 1.165) is 50.3 Å². The van der Waals surface area contributed by atoms with Crippen molar-refractivity contribution in [1.29, 1.82) is 0 Å². The van der Waals surface area contributed by atoms with Gasteiger partial charge in [0.1, 0.15) is 0 Å². The molecule has 0 amide bonds. The average Bonchev–Trinajstić information content (AvgIpc) is 2.66. The molecule has 2 heterocycles. The molecule has 1 aliphatic heterocycles. The van der Waals surface area contributed by atoms with Crippen molar-refractivity contribution in [2.75, 3.05) is 49.6 Å². The van der Waals surface area contributed by atoms with Gasteiger partial charge < -0.3 is 14.5 Å². The zero-order chi connectivity index (χ0) is 13.5. The predicted molar refractivity (Wildman–Crippen MR) is 80.3 cm³/mol. The lowest BCUT2D eigenvalue weighted by Gasteiger charge is -2.22. The molecule has 0 aromatic carbocycles. The van der Waals surface area contributed by atoms with Crippen LogP contribution >= 0.6 is 15.9 Å². The maximum atomic E-state index is 5.41. The molecule has 19 heavy (non-hydrogen) atoms. The number of nitrogens with zero attached hydrogens (tertiary/aromatic N) is 4. The zero-order valence-corrected chi connectivity index (χ0v) is 13.0. The number of hydrogen-bond acceptors (Lipinski definition) is 5. The third-order valence-electron chi connectivity index (χ3n) is 3.21. The van der Waals surface area contributed by atoms with Gasteiger partial charge in [-0.05, 0) is 19.9 Å². The van der Waals surface area contributed by atoms with E-state index in [1.54, 1.807) is 6.20 Å². The summed E-state index contributed by atoms with van der Waals surface area (Å²) in [4.78, 5) is 13.5. The molecule has 106 valence electrons. The van der Waals surface area contributed by atoms with Gasteiger partial charge in [-0.2, -0.15) is 4.98 Å². The minimum Gasteiger partial charge on any atom is -0.477 e. The van der Waals surface area contributed by atoms with Gasteiger partial charge in [0.05, 0.1) is 19.0 Å². The quantitative estimate of drug-likeness (QED) is 0.771. The third kappa shape index (κ3) is 4.31. The summed E-state index contributed by atoms with van der Waals surface area (Å²) in [7, 11) is 0. The Hall–Kier alpha value is -0.880. The Morgan fingerprint density at radius 3 is 2.95 bits per heavy atom. The van der Waals surface area contributed by atoms with Crippen LogP contribution in [0.3, 0.4) is 0 Å². The number of alkyl halides is 1. The molecule has 5 nitrogen and oxygen atoms in total. The number of halogens is 1. The van der Waals surface area contributed by atoms with Gasteiger partial charge in [-0.1, -0.05) is 15.9 Å². The first-order chi connectivity index (χ1) is 9.33. The minimum absolute atomic E-state index is 0.613. The van der Waals surface area contributed by atoms with Gasteiger partial charge in [-0.25, -0.2) is 0 Å². The number of aromatic nitrogens is 2. The standard InChI is InChI=1S/C13H21BrN4O/c1-2-19-13-11-15-10-12(16-13)18-6-3-5-17(7-4-14)8-9-18/h10-11H,2-9H2,1H3. The molecule has 0 bridgehead atoms. The van der Waals surface area contributed by atoms with E-state index in [1.807, 2.05) is 13.1 Å². The fourth-order valence-electron chi connectivity index (χ4n) is 2.25.